The summed E-state index contributed by atoms with van der Waals surface area (Å²) in [6, 6.07) is 5.80. The molecule has 1 fully saturated rings. The molecule has 1 N–H and O–H groups in total. The van der Waals surface area contributed by atoms with Gasteiger partial charge < -0.3 is 5.32 Å². The Balaban J connectivity index is 2.05. The van der Waals surface area contributed by atoms with E-state index in [1.165, 1.54) is 32.4 Å². The predicted molar refractivity (Wildman–Crippen MR) is 84.8 cm³/mol. The molecule has 0 bridgehead atoms. The number of hydrogen-bond acceptors (Lipinski definition) is 3. The van der Waals surface area contributed by atoms with Crippen molar-refractivity contribution in [2.24, 2.45) is 5.92 Å². The second kappa shape index (κ2) is 7.41. The number of rotatable bonds is 6. The van der Waals surface area contributed by atoms with Gasteiger partial charge in [-0.2, -0.15) is 0 Å². The maximum absolute atomic E-state index is 3.70. The molecule has 1 aromatic heterocycles. The molecule has 0 aromatic carbocycles. The first-order valence-electron chi connectivity index (χ1n) is 7.77. The number of thiophene rings is 1. The molecule has 3 atom stereocenters. The number of nitrogens with zero attached hydrogens (tertiary/aromatic N) is 1. The Hall–Kier alpha value is -0.380. The molecule has 0 amide bonds. The van der Waals surface area contributed by atoms with E-state index in [0.717, 1.165) is 12.5 Å². The standard InChI is InChI=1S/C16H28N2S/c1-4-7-15(16-8-6-11-19-16)18-10-9-17-14(12-18)13(3)5-2/h6,8,11,13-15,17H,4-5,7,9-10,12H2,1-3H3. The van der Waals surface area contributed by atoms with E-state index in [1.54, 1.807) is 4.88 Å². The van der Waals surface area contributed by atoms with E-state index < -0.39 is 0 Å². The van der Waals surface area contributed by atoms with Gasteiger partial charge in [0.15, 0.2) is 0 Å². The highest BCUT2D eigenvalue weighted by molar-refractivity contribution is 7.10. The summed E-state index contributed by atoms with van der Waals surface area (Å²) >= 11 is 1.92. The smallest absolute Gasteiger partial charge is 0.0442 e. The van der Waals surface area contributed by atoms with Gasteiger partial charge >= 0.3 is 0 Å². The zero-order valence-corrected chi connectivity index (χ0v) is 13.4. The third-order valence-electron chi connectivity index (χ3n) is 4.44. The number of piperazine rings is 1. The highest BCUT2D eigenvalue weighted by atomic mass is 32.1. The Morgan fingerprint density at radius 1 is 1.47 bits per heavy atom. The van der Waals surface area contributed by atoms with E-state index in [1.807, 2.05) is 11.3 Å². The van der Waals surface area contributed by atoms with Crippen molar-refractivity contribution < 1.29 is 0 Å². The van der Waals surface area contributed by atoms with E-state index in [2.05, 4.69) is 48.5 Å². The molecule has 0 aliphatic carbocycles. The highest BCUT2D eigenvalue weighted by Gasteiger charge is 2.28. The molecule has 0 radical (unpaired) electrons. The van der Waals surface area contributed by atoms with Crippen LogP contribution in [0.1, 0.15) is 51.0 Å². The molecule has 1 aromatic rings. The molecule has 1 aliphatic heterocycles. The van der Waals surface area contributed by atoms with Crippen LogP contribution in [0.5, 0.6) is 0 Å². The van der Waals surface area contributed by atoms with Gasteiger partial charge in [-0.1, -0.05) is 39.7 Å². The first kappa shape index (κ1) is 15.0. The third kappa shape index (κ3) is 3.80. The van der Waals surface area contributed by atoms with Crippen molar-refractivity contribution in [2.45, 2.75) is 52.1 Å². The van der Waals surface area contributed by atoms with Crippen LogP contribution in [0.3, 0.4) is 0 Å². The van der Waals surface area contributed by atoms with Crippen molar-refractivity contribution >= 4 is 11.3 Å². The molecule has 0 saturated carbocycles. The summed E-state index contributed by atoms with van der Waals surface area (Å²) in [7, 11) is 0. The van der Waals surface area contributed by atoms with E-state index in [4.69, 9.17) is 0 Å². The molecule has 2 nitrogen and oxygen atoms in total. The fourth-order valence-corrected chi connectivity index (χ4v) is 3.91. The van der Waals surface area contributed by atoms with Crippen LogP contribution >= 0.6 is 11.3 Å². The average molecular weight is 280 g/mol. The van der Waals surface area contributed by atoms with Gasteiger partial charge in [0.2, 0.25) is 0 Å². The van der Waals surface area contributed by atoms with E-state index in [0.29, 0.717) is 12.1 Å². The molecular weight excluding hydrogens is 252 g/mol. The summed E-state index contributed by atoms with van der Waals surface area (Å²) < 4.78 is 0. The number of nitrogens with one attached hydrogen (secondary N) is 1. The van der Waals surface area contributed by atoms with Crippen LogP contribution in [-0.2, 0) is 0 Å². The lowest BCUT2D eigenvalue weighted by Crippen LogP contribution is -2.53. The quantitative estimate of drug-likeness (QED) is 0.850. The second-order valence-corrected chi connectivity index (χ2v) is 6.74. The topological polar surface area (TPSA) is 15.3 Å². The molecule has 1 saturated heterocycles. The van der Waals surface area contributed by atoms with Gasteiger partial charge in [0, 0.05) is 36.6 Å². The van der Waals surface area contributed by atoms with Crippen LogP contribution in [0.25, 0.3) is 0 Å². The van der Waals surface area contributed by atoms with Crippen LogP contribution in [0.2, 0.25) is 0 Å². The third-order valence-corrected chi connectivity index (χ3v) is 5.42. The fraction of sp³-hybridized carbons (Fsp3) is 0.750. The Labute approximate surface area is 122 Å². The lowest BCUT2D eigenvalue weighted by atomic mass is 9.95. The summed E-state index contributed by atoms with van der Waals surface area (Å²) in [4.78, 5) is 4.26. The van der Waals surface area contributed by atoms with Gasteiger partial charge in [-0.3, -0.25) is 4.90 Å². The summed E-state index contributed by atoms with van der Waals surface area (Å²) in [5.41, 5.74) is 0. The average Bonchev–Trinajstić information content (AvgIpc) is 2.98. The first-order chi connectivity index (χ1) is 9.26. The molecule has 2 heterocycles. The van der Waals surface area contributed by atoms with E-state index in [-0.39, 0.29) is 0 Å². The van der Waals surface area contributed by atoms with Gasteiger partial charge in [0.1, 0.15) is 0 Å². The Morgan fingerprint density at radius 2 is 2.32 bits per heavy atom. The number of hydrogen-bond donors (Lipinski definition) is 1. The molecule has 1 aliphatic rings. The monoisotopic (exact) mass is 280 g/mol. The minimum Gasteiger partial charge on any atom is -0.311 e. The van der Waals surface area contributed by atoms with Crippen molar-refractivity contribution in [3.05, 3.63) is 22.4 Å². The molecule has 3 unspecified atom stereocenters. The maximum atomic E-state index is 3.70. The summed E-state index contributed by atoms with van der Waals surface area (Å²) in [5, 5.41) is 5.92. The zero-order chi connectivity index (χ0) is 13.7. The van der Waals surface area contributed by atoms with Gasteiger partial charge in [-0.05, 0) is 23.8 Å². The molecule has 19 heavy (non-hydrogen) atoms. The lowest BCUT2D eigenvalue weighted by molar-refractivity contribution is 0.118. The van der Waals surface area contributed by atoms with Crippen LogP contribution in [-0.4, -0.2) is 30.6 Å². The Bertz CT molecular complexity index is 350. The highest BCUT2D eigenvalue weighted by Crippen LogP contribution is 2.30. The Kier molecular flexibility index (Phi) is 5.86. The molecule has 2 rings (SSSR count). The lowest BCUT2D eigenvalue weighted by Gasteiger charge is -2.40. The van der Waals surface area contributed by atoms with Crippen LogP contribution in [0.15, 0.2) is 17.5 Å². The van der Waals surface area contributed by atoms with Gasteiger partial charge in [-0.15, -0.1) is 11.3 Å². The Morgan fingerprint density at radius 3 is 2.95 bits per heavy atom. The predicted octanol–water partition coefficient (Wildman–Crippen LogP) is 3.91. The first-order valence-corrected chi connectivity index (χ1v) is 8.65. The van der Waals surface area contributed by atoms with Crippen molar-refractivity contribution in [1.82, 2.24) is 10.2 Å². The van der Waals surface area contributed by atoms with Crippen LogP contribution in [0, 0.1) is 5.92 Å². The summed E-state index contributed by atoms with van der Waals surface area (Å²) in [5.74, 6) is 0.772. The van der Waals surface area contributed by atoms with Crippen LogP contribution in [0.4, 0.5) is 0 Å². The molecular formula is C16H28N2S. The zero-order valence-electron chi connectivity index (χ0n) is 12.6. The SMILES string of the molecule is CCCC(c1cccs1)N1CCNC(C(C)CC)C1. The second-order valence-electron chi connectivity index (χ2n) is 5.76. The minimum absolute atomic E-state index is 0.638. The molecule has 0 spiro atoms. The maximum Gasteiger partial charge on any atom is 0.0442 e. The van der Waals surface area contributed by atoms with Crippen molar-refractivity contribution in [3.8, 4) is 0 Å². The minimum atomic E-state index is 0.638. The summed E-state index contributed by atoms with van der Waals surface area (Å²) in [6.45, 7) is 10.5. The fourth-order valence-electron chi connectivity index (χ4n) is 3.01. The van der Waals surface area contributed by atoms with Gasteiger partial charge in [-0.25, -0.2) is 0 Å². The molecule has 3 heteroatoms. The normalized spacial score (nSPS) is 24.3. The molecule has 108 valence electrons. The summed E-state index contributed by atoms with van der Waals surface area (Å²) in [6.07, 6.45) is 3.82. The van der Waals surface area contributed by atoms with Crippen LogP contribution < -0.4 is 5.32 Å². The van der Waals surface area contributed by atoms with Crippen molar-refractivity contribution in [3.63, 3.8) is 0 Å². The van der Waals surface area contributed by atoms with E-state index in [9.17, 15) is 0 Å². The van der Waals surface area contributed by atoms with Gasteiger partial charge in [0.25, 0.3) is 0 Å². The van der Waals surface area contributed by atoms with Crippen molar-refractivity contribution in [1.29, 1.82) is 0 Å². The largest absolute Gasteiger partial charge is 0.311 e. The van der Waals surface area contributed by atoms with Gasteiger partial charge in [0.05, 0.1) is 0 Å². The van der Waals surface area contributed by atoms with Crippen molar-refractivity contribution in [2.75, 3.05) is 19.6 Å². The van der Waals surface area contributed by atoms with E-state index >= 15 is 0 Å².